The Balaban J connectivity index is 1.23. The van der Waals surface area contributed by atoms with Crippen LogP contribution in [0.15, 0.2) is 109 Å². The second-order valence-electron chi connectivity index (χ2n) is 10.4. The average molecular weight is 564 g/mol. The van der Waals surface area contributed by atoms with Crippen LogP contribution in [0.25, 0.3) is 11.1 Å². The summed E-state index contributed by atoms with van der Waals surface area (Å²) in [4.78, 5) is 29.3. The second kappa shape index (κ2) is 12.3. The number of ether oxygens (including phenoxy) is 3. The third kappa shape index (κ3) is 5.74. The molecule has 2 bridgehead atoms. The van der Waals surface area contributed by atoms with E-state index in [9.17, 15) is 9.59 Å². The van der Waals surface area contributed by atoms with Gasteiger partial charge in [0.25, 0.3) is 0 Å². The second-order valence-corrected chi connectivity index (χ2v) is 10.4. The molecule has 3 saturated heterocycles. The molecule has 3 heterocycles. The monoisotopic (exact) mass is 563 g/mol. The molecular weight excluding hydrogens is 530 g/mol. The van der Waals surface area contributed by atoms with Gasteiger partial charge in [-0.1, -0.05) is 84.9 Å². The average Bonchev–Trinajstić information content (AvgIpc) is 3.07. The number of amides is 2. The van der Waals surface area contributed by atoms with Crippen molar-refractivity contribution in [3.8, 4) is 16.9 Å². The molecule has 0 aromatic heterocycles. The lowest BCUT2D eigenvalue weighted by atomic mass is 9.97. The van der Waals surface area contributed by atoms with Crippen molar-refractivity contribution in [3.63, 3.8) is 0 Å². The van der Waals surface area contributed by atoms with Gasteiger partial charge >= 0.3 is 12.2 Å². The van der Waals surface area contributed by atoms with E-state index >= 15 is 0 Å². The molecule has 7 rings (SSSR count). The first-order chi connectivity index (χ1) is 20.6. The number of methoxy groups -OCH3 is 1. The summed E-state index contributed by atoms with van der Waals surface area (Å²) < 4.78 is 16.7. The molecule has 0 radical (unpaired) electrons. The van der Waals surface area contributed by atoms with Crippen molar-refractivity contribution in [2.24, 2.45) is 0 Å². The van der Waals surface area contributed by atoms with Gasteiger partial charge in [-0.25, -0.2) is 14.6 Å². The van der Waals surface area contributed by atoms with E-state index in [2.05, 4.69) is 29.2 Å². The molecule has 0 saturated carbocycles. The van der Waals surface area contributed by atoms with Crippen molar-refractivity contribution >= 4 is 17.9 Å². The summed E-state index contributed by atoms with van der Waals surface area (Å²) in [6.45, 7) is 0.809. The first-order valence-electron chi connectivity index (χ1n) is 14.1. The summed E-state index contributed by atoms with van der Waals surface area (Å²) in [6, 6.07) is 35.0. The molecule has 0 N–H and O–H groups in total. The van der Waals surface area contributed by atoms with Gasteiger partial charge in [0.2, 0.25) is 0 Å². The van der Waals surface area contributed by atoms with Crippen molar-refractivity contribution < 1.29 is 23.8 Å². The molecule has 8 nitrogen and oxygen atoms in total. The third-order valence-electron chi connectivity index (χ3n) is 7.79. The number of hydrogen-bond acceptors (Lipinski definition) is 6. The Morgan fingerprint density at radius 2 is 1.19 bits per heavy atom. The number of benzene rings is 4. The lowest BCUT2D eigenvalue weighted by molar-refractivity contribution is -0.115. The van der Waals surface area contributed by atoms with Gasteiger partial charge in [-0.2, -0.15) is 5.01 Å². The van der Waals surface area contributed by atoms with Gasteiger partial charge in [0.1, 0.15) is 25.1 Å². The molecule has 42 heavy (non-hydrogen) atoms. The normalized spacial score (nSPS) is 17.6. The number of carbonyl (C=O) groups is 2. The zero-order valence-corrected chi connectivity index (χ0v) is 23.5. The fourth-order valence-corrected chi connectivity index (χ4v) is 5.63. The molecule has 214 valence electrons. The third-order valence-corrected chi connectivity index (χ3v) is 7.79. The number of anilines is 1. The maximum absolute atomic E-state index is 13.6. The SMILES string of the molecule is COc1ccc(-c2ccc(N3CC4CCC3N(C(=O)OCc3ccccc3)N4C(=O)OCc3ccccc3)cc2)cc1. The van der Waals surface area contributed by atoms with E-state index in [-0.39, 0.29) is 19.3 Å². The number of piperidine rings is 1. The Morgan fingerprint density at radius 3 is 1.74 bits per heavy atom. The maximum Gasteiger partial charge on any atom is 0.431 e. The molecule has 8 heteroatoms. The number of nitrogens with zero attached hydrogens (tertiary/aromatic N) is 3. The van der Waals surface area contributed by atoms with E-state index in [1.54, 1.807) is 7.11 Å². The van der Waals surface area contributed by atoms with E-state index in [1.807, 2.05) is 84.9 Å². The topological polar surface area (TPSA) is 71.6 Å². The van der Waals surface area contributed by atoms with Gasteiger partial charge in [-0.15, -0.1) is 0 Å². The molecule has 3 aliphatic heterocycles. The maximum atomic E-state index is 13.6. The molecule has 2 atom stereocenters. The molecule has 2 amide bonds. The van der Waals surface area contributed by atoms with Crippen molar-refractivity contribution in [1.29, 1.82) is 0 Å². The van der Waals surface area contributed by atoms with Crippen molar-refractivity contribution in [1.82, 2.24) is 10.0 Å². The number of hydrazine groups is 1. The predicted molar refractivity (Wildman–Crippen MR) is 160 cm³/mol. The fraction of sp³-hybridized carbons (Fsp3) is 0.235. The highest BCUT2D eigenvalue weighted by molar-refractivity contribution is 5.77. The van der Waals surface area contributed by atoms with Crippen LogP contribution in [0.2, 0.25) is 0 Å². The Hall–Kier alpha value is -4.98. The molecule has 4 aromatic carbocycles. The van der Waals surface area contributed by atoms with Crippen LogP contribution < -0.4 is 9.64 Å². The van der Waals surface area contributed by atoms with Gasteiger partial charge in [0, 0.05) is 12.2 Å². The first kappa shape index (κ1) is 27.2. The summed E-state index contributed by atoms with van der Waals surface area (Å²) in [5.41, 5.74) is 4.89. The Kier molecular flexibility index (Phi) is 7.94. The lowest BCUT2D eigenvalue weighted by Crippen LogP contribution is -2.73. The largest absolute Gasteiger partial charge is 0.497 e. The zero-order chi connectivity index (χ0) is 28.9. The Labute approximate surface area is 245 Å². The molecule has 0 spiro atoms. The standard InChI is InChI=1S/C34H33N3O5/c1-40-31-19-14-28(15-20-31)27-12-16-29(17-13-27)35-22-30-18-21-32(35)37(34(39)42-24-26-10-6-3-7-11-26)36(30)33(38)41-23-25-8-4-2-5-9-25/h2-17,19-20,30,32H,18,21-24H2,1H3. The first-order valence-corrected chi connectivity index (χ1v) is 14.1. The molecule has 3 fully saturated rings. The Morgan fingerprint density at radius 1 is 0.667 bits per heavy atom. The summed E-state index contributed by atoms with van der Waals surface area (Å²) in [7, 11) is 1.65. The minimum absolute atomic E-state index is 0.108. The summed E-state index contributed by atoms with van der Waals surface area (Å²) >= 11 is 0. The highest BCUT2D eigenvalue weighted by atomic mass is 16.6. The minimum atomic E-state index is -0.579. The van der Waals surface area contributed by atoms with Crippen molar-refractivity contribution in [2.75, 3.05) is 18.6 Å². The highest BCUT2D eigenvalue weighted by Gasteiger charge is 2.50. The van der Waals surface area contributed by atoms with Gasteiger partial charge < -0.3 is 19.1 Å². The van der Waals surface area contributed by atoms with Crippen LogP contribution in [-0.4, -0.2) is 48.1 Å². The number of hydrogen-bond donors (Lipinski definition) is 0. The number of rotatable bonds is 7. The molecule has 2 unspecified atom stereocenters. The number of carbonyl (C=O) groups excluding carboxylic acids is 2. The van der Waals surface area contributed by atoms with Crippen LogP contribution in [0.1, 0.15) is 24.0 Å². The van der Waals surface area contributed by atoms with E-state index in [0.29, 0.717) is 13.0 Å². The fourth-order valence-electron chi connectivity index (χ4n) is 5.63. The van der Waals surface area contributed by atoms with E-state index in [4.69, 9.17) is 14.2 Å². The minimum Gasteiger partial charge on any atom is -0.497 e. The molecule has 3 aliphatic rings. The summed E-state index contributed by atoms with van der Waals surface area (Å²) in [5, 5.41) is 2.91. The smallest absolute Gasteiger partial charge is 0.431 e. The van der Waals surface area contributed by atoms with E-state index in [0.717, 1.165) is 40.1 Å². The van der Waals surface area contributed by atoms with Gasteiger partial charge in [-0.3, -0.25) is 0 Å². The zero-order valence-electron chi connectivity index (χ0n) is 23.5. The van der Waals surface area contributed by atoms with Gasteiger partial charge in [-0.05, 0) is 59.4 Å². The molecule has 0 aliphatic carbocycles. The van der Waals surface area contributed by atoms with Crippen LogP contribution in [-0.2, 0) is 22.7 Å². The summed E-state index contributed by atoms with van der Waals surface area (Å²) in [6.07, 6.45) is -0.0687. The Bertz CT molecular complexity index is 1500. The predicted octanol–water partition coefficient (Wildman–Crippen LogP) is 6.86. The lowest BCUT2D eigenvalue weighted by Gasteiger charge is -2.56. The van der Waals surface area contributed by atoms with Crippen molar-refractivity contribution in [3.05, 3.63) is 120 Å². The summed E-state index contributed by atoms with van der Waals surface area (Å²) in [5.74, 6) is 0.811. The van der Waals surface area contributed by atoms with Crippen LogP contribution in [0.3, 0.4) is 0 Å². The van der Waals surface area contributed by atoms with E-state index in [1.165, 1.54) is 10.0 Å². The van der Waals surface area contributed by atoms with Gasteiger partial charge in [0.05, 0.1) is 13.2 Å². The van der Waals surface area contributed by atoms with E-state index < -0.39 is 18.4 Å². The molecule has 4 aromatic rings. The van der Waals surface area contributed by atoms with Crippen LogP contribution >= 0.6 is 0 Å². The molecular formula is C34H33N3O5. The van der Waals surface area contributed by atoms with Crippen LogP contribution in [0.4, 0.5) is 15.3 Å². The highest BCUT2D eigenvalue weighted by Crippen LogP contribution is 2.38. The van der Waals surface area contributed by atoms with Crippen LogP contribution in [0, 0.1) is 0 Å². The van der Waals surface area contributed by atoms with Gasteiger partial charge in [0.15, 0.2) is 0 Å². The number of fused-ring (bicyclic) bond motifs is 3. The van der Waals surface area contributed by atoms with Crippen LogP contribution in [0.5, 0.6) is 5.75 Å². The quantitative estimate of drug-likeness (QED) is 0.245. The van der Waals surface area contributed by atoms with Crippen molar-refractivity contribution in [2.45, 2.75) is 38.3 Å².